The molecule has 1 aromatic carbocycles. The molecule has 1 rings (SSSR count). The molecule has 0 aliphatic rings. The molecule has 0 aromatic heterocycles. The molecule has 102 valence electrons. The fourth-order valence-corrected chi connectivity index (χ4v) is 1.87. The highest BCUT2D eigenvalue weighted by Gasteiger charge is 2.03. The normalized spacial score (nSPS) is 10.9. The van der Waals surface area contributed by atoms with Gasteiger partial charge in [0.05, 0.1) is 0 Å². The van der Waals surface area contributed by atoms with Gasteiger partial charge < -0.3 is 15.0 Å². The van der Waals surface area contributed by atoms with Gasteiger partial charge in [0.25, 0.3) is 0 Å². The topological polar surface area (TPSA) is 24.5 Å². The first-order chi connectivity index (χ1) is 8.81. The second-order valence-electron chi connectivity index (χ2n) is 4.26. The molecule has 0 radical (unpaired) electrons. The number of benzene rings is 1. The minimum absolute atomic E-state index is 0.755. The zero-order chi connectivity index (χ0) is 13.2. The van der Waals surface area contributed by atoms with Gasteiger partial charge in [0.2, 0.25) is 0 Å². The maximum atomic E-state index is 5.89. The quantitative estimate of drug-likeness (QED) is 0.729. The molecule has 0 saturated carbocycles. The van der Waals surface area contributed by atoms with Crippen LogP contribution in [0, 0.1) is 0 Å². The van der Waals surface area contributed by atoms with Crippen molar-refractivity contribution in [2.24, 2.45) is 0 Å². The van der Waals surface area contributed by atoms with E-state index < -0.39 is 0 Å². The maximum Gasteiger partial charge on any atom is 0.123 e. The van der Waals surface area contributed by atoms with Crippen molar-refractivity contribution < 1.29 is 4.74 Å². The predicted octanol–water partition coefficient (Wildman–Crippen LogP) is 2.52. The number of likely N-dealkylation sites (N-methyl/N-ethyl adjacent to an activating group) is 1. The maximum absolute atomic E-state index is 5.89. The average Bonchev–Trinajstić information content (AvgIpc) is 2.42. The van der Waals surface area contributed by atoms with E-state index in [1.54, 1.807) is 0 Å². The Morgan fingerprint density at radius 1 is 1.11 bits per heavy atom. The molecular weight excluding hydrogens is 224 g/mol. The van der Waals surface area contributed by atoms with E-state index in [1.165, 1.54) is 5.56 Å². The molecule has 0 saturated heterocycles. The molecule has 0 fully saturated rings. The first-order valence-corrected chi connectivity index (χ1v) is 6.95. The first kappa shape index (κ1) is 15.0. The van der Waals surface area contributed by atoms with Crippen LogP contribution in [0.15, 0.2) is 24.3 Å². The van der Waals surface area contributed by atoms with E-state index in [9.17, 15) is 0 Å². The Morgan fingerprint density at radius 2 is 1.83 bits per heavy atom. The van der Waals surface area contributed by atoms with Crippen molar-refractivity contribution in [3.63, 3.8) is 0 Å². The molecule has 1 aromatic rings. The third-order valence-corrected chi connectivity index (χ3v) is 3.10. The van der Waals surface area contributed by atoms with Crippen LogP contribution < -0.4 is 10.1 Å². The van der Waals surface area contributed by atoms with Crippen molar-refractivity contribution in [3.8, 4) is 5.75 Å². The van der Waals surface area contributed by atoms with Crippen LogP contribution in [0.4, 0.5) is 0 Å². The van der Waals surface area contributed by atoms with Gasteiger partial charge in [0.1, 0.15) is 12.4 Å². The number of para-hydroxylation sites is 1. The molecule has 0 heterocycles. The number of nitrogens with zero attached hydrogens (tertiary/aromatic N) is 1. The van der Waals surface area contributed by atoms with Crippen LogP contribution in [0.1, 0.15) is 26.3 Å². The van der Waals surface area contributed by atoms with Crippen molar-refractivity contribution in [1.29, 1.82) is 0 Å². The van der Waals surface area contributed by atoms with Gasteiger partial charge in [-0.25, -0.2) is 0 Å². The lowest BCUT2D eigenvalue weighted by atomic mass is 10.2. The Morgan fingerprint density at radius 3 is 2.50 bits per heavy atom. The smallest absolute Gasteiger partial charge is 0.123 e. The zero-order valence-electron chi connectivity index (χ0n) is 11.9. The van der Waals surface area contributed by atoms with Crippen LogP contribution in [-0.4, -0.2) is 37.7 Å². The molecule has 0 atom stereocenters. The summed E-state index contributed by atoms with van der Waals surface area (Å²) in [5, 5.41) is 3.34. The summed E-state index contributed by atoms with van der Waals surface area (Å²) in [4.78, 5) is 2.37. The zero-order valence-corrected chi connectivity index (χ0v) is 11.9. The van der Waals surface area contributed by atoms with Crippen LogP contribution >= 0.6 is 0 Å². The van der Waals surface area contributed by atoms with E-state index in [2.05, 4.69) is 49.2 Å². The fraction of sp³-hybridized carbons (Fsp3) is 0.600. The highest BCUT2D eigenvalue weighted by Crippen LogP contribution is 2.17. The molecular formula is C15H26N2O. The van der Waals surface area contributed by atoms with Gasteiger partial charge in [-0.1, -0.05) is 39.0 Å². The third-order valence-electron chi connectivity index (χ3n) is 3.10. The lowest BCUT2D eigenvalue weighted by molar-refractivity contribution is 0.221. The van der Waals surface area contributed by atoms with Crippen LogP contribution in [0.25, 0.3) is 0 Å². The summed E-state index contributed by atoms with van der Waals surface area (Å²) in [7, 11) is 0. The van der Waals surface area contributed by atoms with Gasteiger partial charge in [0, 0.05) is 18.7 Å². The number of rotatable bonds is 9. The molecule has 3 heteroatoms. The van der Waals surface area contributed by atoms with E-state index in [0.717, 1.165) is 45.1 Å². The number of nitrogens with one attached hydrogen (secondary N) is 1. The van der Waals surface area contributed by atoms with Gasteiger partial charge in [0.15, 0.2) is 0 Å². The highest BCUT2D eigenvalue weighted by molar-refractivity contribution is 5.33. The summed E-state index contributed by atoms with van der Waals surface area (Å²) >= 11 is 0. The molecule has 18 heavy (non-hydrogen) atoms. The van der Waals surface area contributed by atoms with Gasteiger partial charge in [-0.05, 0) is 25.7 Å². The minimum atomic E-state index is 0.755. The van der Waals surface area contributed by atoms with E-state index >= 15 is 0 Å². The van der Waals surface area contributed by atoms with E-state index in [1.807, 2.05) is 6.07 Å². The van der Waals surface area contributed by atoms with E-state index in [0.29, 0.717) is 0 Å². The molecule has 0 amide bonds. The standard InChI is InChI=1S/C15H26N2O/c1-4-16-13-14-9-7-8-10-15(14)18-12-11-17(5-2)6-3/h7-10,16H,4-6,11-13H2,1-3H3. The lowest BCUT2D eigenvalue weighted by Crippen LogP contribution is -2.28. The van der Waals surface area contributed by atoms with Gasteiger partial charge in [-0.2, -0.15) is 0 Å². The predicted molar refractivity (Wildman–Crippen MR) is 77.1 cm³/mol. The van der Waals surface area contributed by atoms with Crippen LogP contribution in [0.2, 0.25) is 0 Å². The number of hydrogen-bond acceptors (Lipinski definition) is 3. The Hall–Kier alpha value is -1.06. The highest BCUT2D eigenvalue weighted by atomic mass is 16.5. The Labute approximate surface area is 111 Å². The van der Waals surface area contributed by atoms with Crippen LogP contribution in [0.3, 0.4) is 0 Å². The molecule has 3 nitrogen and oxygen atoms in total. The second-order valence-corrected chi connectivity index (χ2v) is 4.26. The summed E-state index contributed by atoms with van der Waals surface area (Å²) in [5.41, 5.74) is 1.24. The van der Waals surface area contributed by atoms with Crippen molar-refractivity contribution in [3.05, 3.63) is 29.8 Å². The van der Waals surface area contributed by atoms with Crippen molar-refractivity contribution >= 4 is 0 Å². The molecule has 0 bridgehead atoms. The summed E-state index contributed by atoms with van der Waals surface area (Å²) in [5.74, 6) is 1.01. The molecule has 0 aliphatic carbocycles. The molecule has 0 spiro atoms. The second kappa shape index (κ2) is 8.95. The Bertz CT molecular complexity index is 324. The summed E-state index contributed by atoms with van der Waals surface area (Å²) in [6.07, 6.45) is 0. The summed E-state index contributed by atoms with van der Waals surface area (Å²) < 4.78 is 5.89. The molecule has 1 N–H and O–H groups in total. The number of hydrogen-bond donors (Lipinski definition) is 1. The average molecular weight is 250 g/mol. The largest absolute Gasteiger partial charge is 0.492 e. The SMILES string of the molecule is CCNCc1ccccc1OCCN(CC)CC. The van der Waals surface area contributed by atoms with Crippen LogP contribution in [0.5, 0.6) is 5.75 Å². The monoisotopic (exact) mass is 250 g/mol. The molecule has 0 unspecified atom stereocenters. The van der Waals surface area contributed by atoms with Crippen LogP contribution in [-0.2, 0) is 6.54 Å². The first-order valence-electron chi connectivity index (χ1n) is 6.95. The summed E-state index contributed by atoms with van der Waals surface area (Å²) in [6, 6.07) is 8.26. The lowest BCUT2D eigenvalue weighted by Gasteiger charge is -2.19. The van der Waals surface area contributed by atoms with Gasteiger partial charge >= 0.3 is 0 Å². The van der Waals surface area contributed by atoms with Crippen molar-refractivity contribution in [2.75, 3.05) is 32.8 Å². The van der Waals surface area contributed by atoms with E-state index in [-0.39, 0.29) is 0 Å². The third kappa shape index (κ3) is 5.07. The van der Waals surface area contributed by atoms with Gasteiger partial charge in [-0.15, -0.1) is 0 Å². The van der Waals surface area contributed by atoms with Crippen molar-refractivity contribution in [2.45, 2.75) is 27.3 Å². The van der Waals surface area contributed by atoms with E-state index in [4.69, 9.17) is 4.74 Å². The summed E-state index contributed by atoms with van der Waals surface area (Å²) in [6.45, 7) is 12.2. The Balaban J connectivity index is 2.45. The van der Waals surface area contributed by atoms with Gasteiger partial charge in [-0.3, -0.25) is 0 Å². The number of ether oxygens (including phenoxy) is 1. The van der Waals surface area contributed by atoms with Crippen molar-refractivity contribution in [1.82, 2.24) is 10.2 Å². The molecule has 0 aliphatic heterocycles. The minimum Gasteiger partial charge on any atom is -0.492 e. The fourth-order valence-electron chi connectivity index (χ4n) is 1.87. The Kier molecular flexibility index (Phi) is 7.46.